The van der Waals surface area contributed by atoms with Gasteiger partial charge < -0.3 is 24.2 Å². The van der Waals surface area contributed by atoms with Gasteiger partial charge in [0.15, 0.2) is 0 Å². The topological polar surface area (TPSA) is 85.3 Å². The van der Waals surface area contributed by atoms with Crippen molar-refractivity contribution in [2.45, 2.75) is 13.8 Å². The molecular weight excluding hydrogens is 254 g/mol. The first-order valence-corrected chi connectivity index (χ1v) is 6.34. The van der Waals surface area contributed by atoms with Crippen LogP contribution >= 0.6 is 0 Å². The molecule has 7 nitrogen and oxygen atoms in total. The first kappa shape index (κ1) is 17.8. The van der Waals surface area contributed by atoms with E-state index in [4.69, 9.17) is 19.3 Å². The van der Waals surface area contributed by atoms with Crippen molar-refractivity contribution in [2.75, 3.05) is 52.7 Å². The van der Waals surface area contributed by atoms with E-state index in [1.165, 1.54) is 0 Å². The fourth-order valence-corrected chi connectivity index (χ4v) is 1.32. The highest BCUT2D eigenvalue weighted by atomic mass is 16.5. The normalized spacial score (nSPS) is 10.4. The number of amides is 1. The van der Waals surface area contributed by atoms with Gasteiger partial charge in [-0.1, -0.05) is 0 Å². The van der Waals surface area contributed by atoms with Crippen LogP contribution in [0, 0.1) is 0 Å². The molecule has 0 heterocycles. The molecule has 0 aromatic heterocycles. The highest BCUT2D eigenvalue weighted by Crippen LogP contribution is 1.93. The van der Waals surface area contributed by atoms with E-state index in [2.05, 4.69) is 0 Å². The largest absolute Gasteiger partial charge is 0.480 e. The number of hydrogen-bond donors (Lipinski definition) is 1. The van der Waals surface area contributed by atoms with E-state index in [9.17, 15) is 9.59 Å². The van der Waals surface area contributed by atoms with Crippen molar-refractivity contribution in [2.24, 2.45) is 0 Å². The van der Waals surface area contributed by atoms with Gasteiger partial charge in [0.2, 0.25) is 5.91 Å². The predicted molar refractivity (Wildman–Crippen MR) is 68.0 cm³/mol. The number of nitrogens with zero attached hydrogens (tertiary/aromatic N) is 1. The molecule has 0 aromatic rings. The van der Waals surface area contributed by atoms with Gasteiger partial charge in [-0.2, -0.15) is 0 Å². The molecule has 1 N–H and O–H groups in total. The lowest BCUT2D eigenvalue weighted by Gasteiger charge is -2.22. The van der Waals surface area contributed by atoms with E-state index in [0.29, 0.717) is 39.5 Å². The standard InChI is InChI=1S/C12H23NO6/c1-3-17-7-5-13(6-8-18-4-2)11(14)9-19-10-12(15)16/h3-10H2,1-2H3,(H,15,16). The summed E-state index contributed by atoms with van der Waals surface area (Å²) in [5, 5.41) is 8.42. The number of carboxylic acids is 1. The molecule has 112 valence electrons. The van der Waals surface area contributed by atoms with Gasteiger partial charge in [-0.15, -0.1) is 0 Å². The van der Waals surface area contributed by atoms with Gasteiger partial charge in [-0.3, -0.25) is 4.79 Å². The molecule has 0 atom stereocenters. The van der Waals surface area contributed by atoms with Crippen molar-refractivity contribution in [3.05, 3.63) is 0 Å². The quantitative estimate of drug-likeness (QED) is 0.505. The van der Waals surface area contributed by atoms with Crippen LogP contribution in [0.4, 0.5) is 0 Å². The summed E-state index contributed by atoms with van der Waals surface area (Å²) >= 11 is 0. The minimum atomic E-state index is -1.09. The summed E-state index contributed by atoms with van der Waals surface area (Å²) < 4.78 is 15.2. The Morgan fingerprint density at radius 3 is 1.89 bits per heavy atom. The highest BCUT2D eigenvalue weighted by molar-refractivity contribution is 5.78. The van der Waals surface area contributed by atoms with E-state index < -0.39 is 12.6 Å². The van der Waals surface area contributed by atoms with E-state index in [1.54, 1.807) is 4.90 Å². The molecule has 0 aliphatic rings. The lowest BCUT2D eigenvalue weighted by molar-refractivity contribution is -0.146. The van der Waals surface area contributed by atoms with Crippen molar-refractivity contribution in [1.82, 2.24) is 4.90 Å². The van der Waals surface area contributed by atoms with Gasteiger partial charge in [0.05, 0.1) is 13.2 Å². The zero-order chi connectivity index (χ0) is 14.5. The average Bonchev–Trinajstić information content (AvgIpc) is 2.36. The van der Waals surface area contributed by atoms with Gasteiger partial charge in [0.25, 0.3) is 0 Å². The molecule has 0 saturated heterocycles. The summed E-state index contributed by atoms with van der Waals surface area (Å²) in [6, 6.07) is 0. The fraction of sp³-hybridized carbons (Fsp3) is 0.833. The molecule has 0 spiro atoms. The molecule has 0 rings (SSSR count). The van der Waals surface area contributed by atoms with Crippen LogP contribution in [0.15, 0.2) is 0 Å². The molecule has 0 saturated carbocycles. The van der Waals surface area contributed by atoms with Crippen molar-refractivity contribution in [3.8, 4) is 0 Å². The molecule has 7 heteroatoms. The third-order valence-corrected chi connectivity index (χ3v) is 2.22. The summed E-state index contributed by atoms with van der Waals surface area (Å²) in [5.74, 6) is -1.36. The number of carbonyl (C=O) groups is 2. The van der Waals surface area contributed by atoms with Crippen LogP contribution in [0.25, 0.3) is 0 Å². The minimum Gasteiger partial charge on any atom is -0.480 e. The lowest BCUT2D eigenvalue weighted by atomic mass is 10.4. The second kappa shape index (κ2) is 11.9. The smallest absolute Gasteiger partial charge is 0.329 e. The first-order chi connectivity index (χ1) is 9.11. The Morgan fingerprint density at radius 2 is 1.47 bits per heavy atom. The maximum absolute atomic E-state index is 11.8. The summed E-state index contributed by atoms with van der Waals surface area (Å²) in [6.45, 7) is 5.96. The van der Waals surface area contributed by atoms with Crippen LogP contribution < -0.4 is 0 Å². The molecule has 0 aliphatic carbocycles. The minimum absolute atomic E-state index is 0.245. The van der Waals surface area contributed by atoms with Crippen molar-refractivity contribution >= 4 is 11.9 Å². The number of carbonyl (C=O) groups excluding carboxylic acids is 1. The molecule has 0 fully saturated rings. The molecular formula is C12H23NO6. The Hall–Kier alpha value is -1.18. The van der Waals surface area contributed by atoms with Crippen LogP contribution in [0.1, 0.15) is 13.8 Å². The van der Waals surface area contributed by atoms with Crippen molar-refractivity contribution in [3.63, 3.8) is 0 Å². The van der Waals surface area contributed by atoms with Gasteiger partial charge in [-0.05, 0) is 13.8 Å². The third kappa shape index (κ3) is 10.4. The van der Waals surface area contributed by atoms with Crippen molar-refractivity contribution < 1.29 is 28.9 Å². The number of rotatable bonds is 12. The average molecular weight is 277 g/mol. The molecule has 0 aromatic carbocycles. The SMILES string of the molecule is CCOCCN(CCOCC)C(=O)COCC(=O)O. The maximum atomic E-state index is 11.8. The summed E-state index contributed by atoms with van der Waals surface area (Å²) in [4.78, 5) is 23.6. The summed E-state index contributed by atoms with van der Waals surface area (Å²) in [5.41, 5.74) is 0. The number of aliphatic carboxylic acids is 1. The van der Waals surface area contributed by atoms with Crippen LogP contribution in [-0.4, -0.2) is 74.6 Å². The van der Waals surface area contributed by atoms with Gasteiger partial charge in [-0.25, -0.2) is 4.79 Å². The Kier molecular flexibility index (Phi) is 11.1. The second-order valence-electron chi connectivity index (χ2n) is 3.66. The van der Waals surface area contributed by atoms with Crippen molar-refractivity contribution in [1.29, 1.82) is 0 Å². The molecule has 0 aliphatic heterocycles. The zero-order valence-corrected chi connectivity index (χ0v) is 11.6. The molecule has 0 unspecified atom stereocenters. The zero-order valence-electron chi connectivity index (χ0n) is 11.6. The number of carboxylic acid groups (broad SMARTS) is 1. The Morgan fingerprint density at radius 1 is 0.947 bits per heavy atom. The molecule has 0 bridgehead atoms. The Balaban J connectivity index is 4.04. The molecule has 0 radical (unpaired) electrons. The monoisotopic (exact) mass is 277 g/mol. The first-order valence-electron chi connectivity index (χ1n) is 6.34. The predicted octanol–water partition coefficient (Wildman–Crippen LogP) is -0.0108. The van der Waals surface area contributed by atoms with Crippen LogP contribution in [-0.2, 0) is 23.8 Å². The highest BCUT2D eigenvalue weighted by Gasteiger charge is 2.13. The summed E-state index contributed by atoms with van der Waals surface area (Å²) in [6.07, 6.45) is 0. The van der Waals surface area contributed by atoms with E-state index in [1.807, 2.05) is 13.8 Å². The molecule has 1 amide bonds. The summed E-state index contributed by atoms with van der Waals surface area (Å²) in [7, 11) is 0. The van der Waals surface area contributed by atoms with Crippen LogP contribution in [0.3, 0.4) is 0 Å². The third-order valence-electron chi connectivity index (χ3n) is 2.22. The molecule has 19 heavy (non-hydrogen) atoms. The lowest BCUT2D eigenvalue weighted by Crippen LogP contribution is -2.39. The second-order valence-corrected chi connectivity index (χ2v) is 3.66. The Labute approximate surface area is 113 Å². The number of ether oxygens (including phenoxy) is 3. The van der Waals surface area contributed by atoms with E-state index in [0.717, 1.165) is 0 Å². The maximum Gasteiger partial charge on any atom is 0.329 e. The Bertz CT molecular complexity index is 249. The van der Waals surface area contributed by atoms with Crippen LogP contribution in [0.2, 0.25) is 0 Å². The van der Waals surface area contributed by atoms with Gasteiger partial charge in [0.1, 0.15) is 13.2 Å². The van der Waals surface area contributed by atoms with Gasteiger partial charge >= 0.3 is 5.97 Å². The van der Waals surface area contributed by atoms with Gasteiger partial charge in [0, 0.05) is 26.3 Å². The van der Waals surface area contributed by atoms with Crippen LogP contribution in [0.5, 0.6) is 0 Å². The number of hydrogen-bond acceptors (Lipinski definition) is 5. The van der Waals surface area contributed by atoms with E-state index in [-0.39, 0.29) is 12.5 Å². The fourth-order valence-electron chi connectivity index (χ4n) is 1.32. The van der Waals surface area contributed by atoms with E-state index >= 15 is 0 Å².